The minimum absolute atomic E-state index is 0.536. The lowest BCUT2D eigenvalue weighted by Gasteiger charge is -2.15. The summed E-state index contributed by atoms with van der Waals surface area (Å²) in [6, 6.07) is 12.5. The van der Waals surface area contributed by atoms with Crippen molar-refractivity contribution in [1.29, 1.82) is 0 Å². The number of rotatable bonds is 0. The molecule has 0 saturated heterocycles. The van der Waals surface area contributed by atoms with Crippen LogP contribution in [0.5, 0.6) is 0 Å². The van der Waals surface area contributed by atoms with Gasteiger partial charge in [0, 0.05) is 6.04 Å². The molecule has 72 valence electrons. The van der Waals surface area contributed by atoms with E-state index in [2.05, 4.69) is 0 Å². The maximum Gasteiger partial charge on any atom is 0.00388 e. The van der Waals surface area contributed by atoms with Crippen molar-refractivity contribution in [3.8, 4) is 0 Å². The zero-order valence-electron chi connectivity index (χ0n) is 8.15. The molecule has 1 saturated carbocycles. The summed E-state index contributed by atoms with van der Waals surface area (Å²) in [6.07, 6.45) is 6.66. The predicted molar refractivity (Wildman–Crippen MR) is 57.5 cm³/mol. The van der Waals surface area contributed by atoms with Gasteiger partial charge in [-0.3, -0.25) is 0 Å². The third kappa shape index (κ3) is 5.42. The van der Waals surface area contributed by atoms with Crippen LogP contribution in [0, 0.1) is 0 Å². The molecule has 2 N–H and O–H groups in total. The molecule has 0 aliphatic heterocycles. The van der Waals surface area contributed by atoms with Gasteiger partial charge in [0.05, 0.1) is 0 Å². The first kappa shape index (κ1) is 10.3. The Morgan fingerprint density at radius 2 is 1.08 bits per heavy atom. The smallest absolute Gasteiger partial charge is 0.00388 e. The molecule has 1 heteroatoms. The van der Waals surface area contributed by atoms with Gasteiger partial charge in [-0.05, 0) is 12.8 Å². The van der Waals surface area contributed by atoms with Crippen LogP contribution < -0.4 is 5.73 Å². The fourth-order valence-corrected chi connectivity index (χ4v) is 1.52. The van der Waals surface area contributed by atoms with Gasteiger partial charge in [-0.2, -0.15) is 0 Å². The second-order valence-electron chi connectivity index (χ2n) is 3.55. The Morgan fingerprint density at radius 1 is 0.692 bits per heavy atom. The highest BCUT2D eigenvalue weighted by molar-refractivity contribution is 4.99. The Kier molecular flexibility index (Phi) is 5.27. The molecule has 0 atom stereocenters. The lowest BCUT2D eigenvalue weighted by Crippen LogP contribution is -2.22. The van der Waals surface area contributed by atoms with Crippen LogP contribution >= 0.6 is 0 Å². The van der Waals surface area contributed by atoms with Crippen molar-refractivity contribution in [2.24, 2.45) is 5.73 Å². The molecular formula is C12H19N. The van der Waals surface area contributed by atoms with Crippen LogP contribution in [-0.4, -0.2) is 6.04 Å². The molecule has 0 bridgehead atoms. The Hall–Kier alpha value is -0.820. The first-order valence-corrected chi connectivity index (χ1v) is 5.15. The van der Waals surface area contributed by atoms with Crippen LogP contribution in [0.1, 0.15) is 32.1 Å². The fourth-order valence-electron chi connectivity index (χ4n) is 1.52. The van der Waals surface area contributed by atoms with E-state index in [0.717, 1.165) is 0 Å². The van der Waals surface area contributed by atoms with Crippen molar-refractivity contribution >= 4 is 0 Å². The lowest BCUT2D eigenvalue weighted by molar-refractivity contribution is 0.441. The molecule has 1 aromatic carbocycles. The standard InChI is InChI=1S/C6H13N.C6H6/c7-6-4-2-1-3-5-6;1-2-4-6-5-3-1/h6H,1-5,7H2;1-6H. The monoisotopic (exact) mass is 177 g/mol. The van der Waals surface area contributed by atoms with Crippen molar-refractivity contribution in [2.75, 3.05) is 0 Å². The lowest BCUT2D eigenvalue weighted by atomic mass is 9.97. The Morgan fingerprint density at radius 3 is 1.31 bits per heavy atom. The van der Waals surface area contributed by atoms with E-state index in [1.807, 2.05) is 36.4 Å². The molecule has 0 amide bonds. The van der Waals surface area contributed by atoms with Crippen molar-refractivity contribution in [2.45, 2.75) is 38.1 Å². The molecule has 2 rings (SSSR count). The minimum atomic E-state index is 0.536. The number of hydrogen-bond donors (Lipinski definition) is 1. The number of hydrogen-bond acceptors (Lipinski definition) is 1. The van der Waals surface area contributed by atoms with E-state index in [1.165, 1.54) is 32.1 Å². The summed E-state index contributed by atoms with van der Waals surface area (Å²) >= 11 is 0. The van der Waals surface area contributed by atoms with Crippen LogP contribution in [0.25, 0.3) is 0 Å². The second-order valence-corrected chi connectivity index (χ2v) is 3.55. The highest BCUT2D eigenvalue weighted by Crippen LogP contribution is 2.14. The highest BCUT2D eigenvalue weighted by atomic mass is 14.6. The number of nitrogens with two attached hydrogens (primary N) is 1. The van der Waals surface area contributed by atoms with Gasteiger partial charge in [-0.15, -0.1) is 0 Å². The van der Waals surface area contributed by atoms with Gasteiger partial charge in [0.15, 0.2) is 0 Å². The molecule has 13 heavy (non-hydrogen) atoms. The maximum atomic E-state index is 5.63. The SMILES string of the molecule is NC1CCCCC1.c1ccccc1. The van der Waals surface area contributed by atoms with Crippen LogP contribution in [0.2, 0.25) is 0 Å². The van der Waals surface area contributed by atoms with Crippen LogP contribution in [-0.2, 0) is 0 Å². The molecule has 0 heterocycles. The molecule has 0 aromatic heterocycles. The van der Waals surface area contributed by atoms with E-state index in [9.17, 15) is 0 Å². The molecule has 1 fully saturated rings. The second kappa shape index (κ2) is 6.67. The average Bonchev–Trinajstić information content (AvgIpc) is 2.22. The van der Waals surface area contributed by atoms with Gasteiger partial charge in [-0.25, -0.2) is 0 Å². The molecule has 0 radical (unpaired) electrons. The first-order chi connectivity index (χ1) is 6.39. The van der Waals surface area contributed by atoms with Crippen LogP contribution in [0.3, 0.4) is 0 Å². The van der Waals surface area contributed by atoms with Gasteiger partial charge >= 0.3 is 0 Å². The van der Waals surface area contributed by atoms with E-state index in [-0.39, 0.29) is 0 Å². The summed E-state index contributed by atoms with van der Waals surface area (Å²) in [5.74, 6) is 0. The molecule has 1 aromatic rings. The maximum absolute atomic E-state index is 5.63. The van der Waals surface area contributed by atoms with Crippen molar-refractivity contribution in [3.63, 3.8) is 0 Å². The summed E-state index contributed by atoms with van der Waals surface area (Å²) in [5.41, 5.74) is 5.63. The first-order valence-electron chi connectivity index (χ1n) is 5.15. The van der Waals surface area contributed by atoms with Crippen LogP contribution in [0.15, 0.2) is 36.4 Å². The van der Waals surface area contributed by atoms with Gasteiger partial charge in [-0.1, -0.05) is 55.7 Å². The van der Waals surface area contributed by atoms with Crippen LogP contribution in [0.4, 0.5) is 0 Å². The topological polar surface area (TPSA) is 26.0 Å². The Bertz CT molecular complexity index is 163. The zero-order valence-corrected chi connectivity index (χ0v) is 8.15. The third-order valence-corrected chi connectivity index (χ3v) is 2.32. The summed E-state index contributed by atoms with van der Waals surface area (Å²) in [7, 11) is 0. The zero-order chi connectivity index (χ0) is 9.36. The van der Waals surface area contributed by atoms with E-state index in [4.69, 9.17) is 5.73 Å². The van der Waals surface area contributed by atoms with Gasteiger partial charge in [0.25, 0.3) is 0 Å². The Balaban J connectivity index is 0.000000132. The van der Waals surface area contributed by atoms with Crippen molar-refractivity contribution in [1.82, 2.24) is 0 Å². The largest absolute Gasteiger partial charge is 0.328 e. The van der Waals surface area contributed by atoms with Gasteiger partial charge < -0.3 is 5.73 Å². The normalized spacial score (nSPS) is 17.3. The van der Waals surface area contributed by atoms with E-state index in [0.29, 0.717) is 6.04 Å². The third-order valence-electron chi connectivity index (χ3n) is 2.32. The summed E-state index contributed by atoms with van der Waals surface area (Å²) in [4.78, 5) is 0. The summed E-state index contributed by atoms with van der Waals surface area (Å²) in [5, 5.41) is 0. The summed E-state index contributed by atoms with van der Waals surface area (Å²) in [6.45, 7) is 0. The number of benzene rings is 1. The van der Waals surface area contributed by atoms with Crippen molar-refractivity contribution < 1.29 is 0 Å². The molecular weight excluding hydrogens is 158 g/mol. The molecule has 1 aliphatic carbocycles. The van der Waals surface area contributed by atoms with E-state index < -0.39 is 0 Å². The van der Waals surface area contributed by atoms with Gasteiger partial charge in [0.1, 0.15) is 0 Å². The van der Waals surface area contributed by atoms with Crippen molar-refractivity contribution in [3.05, 3.63) is 36.4 Å². The fraction of sp³-hybridized carbons (Fsp3) is 0.500. The average molecular weight is 177 g/mol. The molecule has 0 unspecified atom stereocenters. The quantitative estimate of drug-likeness (QED) is 0.647. The van der Waals surface area contributed by atoms with E-state index >= 15 is 0 Å². The Labute approximate surface area is 81.0 Å². The van der Waals surface area contributed by atoms with E-state index in [1.54, 1.807) is 0 Å². The minimum Gasteiger partial charge on any atom is -0.328 e. The van der Waals surface area contributed by atoms with Gasteiger partial charge in [0.2, 0.25) is 0 Å². The molecule has 0 spiro atoms. The molecule has 1 nitrogen and oxygen atoms in total. The summed E-state index contributed by atoms with van der Waals surface area (Å²) < 4.78 is 0. The highest BCUT2D eigenvalue weighted by Gasteiger charge is 2.06. The molecule has 1 aliphatic rings. The predicted octanol–water partition coefficient (Wildman–Crippen LogP) is 2.96.